The molecule has 2 rings (SSSR count). The fourth-order valence-electron chi connectivity index (χ4n) is 3.26. The standard InChI is InChI=1S/C20H38O3Si2/c1-19(2,3)24(7,8)22-16-13-14-11-12-15(21)17(14)18(16)23-25(9,10)20(4,5)6/h11-12,14,16-18H,13H2,1-10H3/t14-,16-,17+,18-/m1/s1. The molecule has 5 heteroatoms. The Morgan fingerprint density at radius 2 is 1.40 bits per heavy atom. The summed E-state index contributed by atoms with van der Waals surface area (Å²) < 4.78 is 13.6. The summed E-state index contributed by atoms with van der Waals surface area (Å²) in [5.74, 6) is 0.482. The summed E-state index contributed by atoms with van der Waals surface area (Å²) >= 11 is 0. The summed E-state index contributed by atoms with van der Waals surface area (Å²) in [6.45, 7) is 22.7. The quantitative estimate of drug-likeness (QED) is 0.599. The second-order valence-corrected chi connectivity index (χ2v) is 20.5. The molecule has 0 unspecified atom stereocenters. The predicted octanol–water partition coefficient (Wildman–Crippen LogP) is 5.54. The van der Waals surface area contributed by atoms with E-state index >= 15 is 0 Å². The van der Waals surface area contributed by atoms with Crippen molar-refractivity contribution >= 4 is 22.4 Å². The van der Waals surface area contributed by atoms with Gasteiger partial charge in [0.1, 0.15) is 0 Å². The van der Waals surface area contributed by atoms with Crippen molar-refractivity contribution in [2.75, 3.05) is 0 Å². The molecular formula is C20H38O3Si2. The van der Waals surface area contributed by atoms with Crippen LogP contribution in [0.2, 0.25) is 36.3 Å². The third kappa shape index (κ3) is 4.04. The maximum Gasteiger partial charge on any atom is 0.192 e. The fraction of sp³-hybridized carbons (Fsp3) is 0.850. The average molecular weight is 383 g/mol. The Hall–Kier alpha value is -0.236. The lowest BCUT2D eigenvalue weighted by Gasteiger charge is -2.44. The van der Waals surface area contributed by atoms with E-state index in [9.17, 15) is 4.79 Å². The van der Waals surface area contributed by atoms with E-state index in [0.29, 0.717) is 0 Å². The maximum atomic E-state index is 12.5. The van der Waals surface area contributed by atoms with Crippen molar-refractivity contribution in [3.8, 4) is 0 Å². The van der Waals surface area contributed by atoms with Crippen LogP contribution >= 0.6 is 0 Å². The van der Waals surface area contributed by atoms with Crippen LogP contribution in [0.3, 0.4) is 0 Å². The Bertz CT molecular complexity index is 552. The zero-order valence-corrected chi connectivity index (χ0v) is 19.9. The zero-order valence-electron chi connectivity index (χ0n) is 17.9. The number of ketones is 1. The van der Waals surface area contributed by atoms with Crippen LogP contribution in [0.25, 0.3) is 0 Å². The second kappa shape index (κ2) is 6.43. The van der Waals surface area contributed by atoms with Crippen LogP contribution < -0.4 is 0 Å². The van der Waals surface area contributed by atoms with Crippen molar-refractivity contribution in [3.05, 3.63) is 12.2 Å². The molecule has 0 aromatic rings. The second-order valence-electron chi connectivity index (χ2n) is 10.9. The summed E-state index contributed by atoms with van der Waals surface area (Å²) in [4.78, 5) is 12.5. The average Bonchev–Trinajstić information content (AvgIpc) is 2.88. The molecule has 0 heterocycles. The van der Waals surface area contributed by atoms with Crippen molar-refractivity contribution in [1.29, 1.82) is 0 Å². The molecule has 0 aromatic carbocycles. The van der Waals surface area contributed by atoms with Gasteiger partial charge in [0.2, 0.25) is 0 Å². The lowest BCUT2D eigenvalue weighted by atomic mass is 9.97. The Morgan fingerprint density at radius 1 is 0.920 bits per heavy atom. The number of hydrogen-bond acceptors (Lipinski definition) is 3. The SMILES string of the molecule is CC(C)(C)[Si](C)(C)O[C@H]1[C@@H]2C(=O)C=C[C@@H]2C[C@H]1O[Si](C)(C)C(C)(C)C. The molecule has 4 atom stereocenters. The van der Waals surface area contributed by atoms with Gasteiger partial charge in [0.15, 0.2) is 22.4 Å². The third-order valence-electron chi connectivity index (χ3n) is 7.01. The van der Waals surface area contributed by atoms with Crippen molar-refractivity contribution in [2.45, 2.75) is 96.4 Å². The van der Waals surface area contributed by atoms with Gasteiger partial charge in [0, 0.05) is 0 Å². The van der Waals surface area contributed by atoms with Gasteiger partial charge in [0.25, 0.3) is 0 Å². The minimum absolute atomic E-state index is 0.0381. The van der Waals surface area contributed by atoms with E-state index in [4.69, 9.17) is 8.85 Å². The number of carbonyl (C=O) groups is 1. The summed E-state index contributed by atoms with van der Waals surface area (Å²) in [6.07, 6.45) is 4.71. The van der Waals surface area contributed by atoms with Crippen molar-refractivity contribution in [3.63, 3.8) is 0 Å². The summed E-state index contributed by atoms with van der Waals surface area (Å²) in [5, 5.41) is 0.285. The Balaban J connectivity index is 2.29. The largest absolute Gasteiger partial charge is 0.411 e. The smallest absolute Gasteiger partial charge is 0.192 e. The van der Waals surface area contributed by atoms with Gasteiger partial charge in [-0.3, -0.25) is 4.79 Å². The lowest BCUT2D eigenvalue weighted by Crippen LogP contribution is -2.52. The molecule has 144 valence electrons. The minimum Gasteiger partial charge on any atom is -0.411 e. The van der Waals surface area contributed by atoms with Gasteiger partial charge < -0.3 is 8.85 Å². The predicted molar refractivity (Wildman–Crippen MR) is 110 cm³/mol. The van der Waals surface area contributed by atoms with Crippen LogP contribution in [0.5, 0.6) is 0 Å². The van der Waals surface area contributed by atoms with E-state index in [-0.39, 0.29) is 39.9 Å². The first kappa shape index (κ1) is 21.1. The molecule has 1 saturated carbocycles. The van der Waals surface area contributed by atoms with Gasteiger partial charge in [-0.15, -0.1) is 0 Å². The van der Waals surface area contributed by atoms with Crippen LogP contribution in [-0.2, 0) is 13.6 Å². The summed E-state index contributed by atoms with van der Waals surface area (Å²) in [7, 11) is -3.87. The highest BCUT2D eigenvalue weighted by molar-refractivity contribution is 6.74. The fourth-order valence-corrected chi connectivity index (χ4v) is 5.93. The highest BCUT2D eigenvalue weighted by Crippen LogP contribution is 2.48. The molecule has 2 aliphatic rings. The molecule has 0 amide bonds. The number of rotatable bonds is 4. The van der Waals surface area contributed by atoms with Gasteiger partial charge in [-0.2, -0.15) is 0 Å². The Labute approximate surface area is 156 Å². The molecule has 0 radical (unpaired) electrons. The highest BCUT2D eigenvalue weighted by Gasteiger charge is 2.54. The topological polar surface area (TPSA) is 35.5 Å². The maximum absolute atomic E-state index is 12.5. The molecule has 3 nitrogen and oxygen atoms in total. The first-order chi connectivity index (χ1) is 11.1. The first-order valence-electron chi connectivity index (χ1n) is 9.64. The minimum atomic E-state index is -1.97. The third-order valence-corrected chi connectivity index (χ3v) is 16.0. The molecular weight excluding hydrogens is 344 g/mol. The Morgan fingerprint density at radius 3 is 1.88 bits per heavy atom. The van der Waals surface area contributed by atoms with Crippen LogP contribution in [0, 0.1) is 11.8 Å². The summed E-state index contributed by atoms with van der Waals surface area (Å²) in [6, 6.07) is 0. The normalized spacial score (nSPS) is 30.9. The van der Waals surface area contributed by atoms with Crippen LogP contribution in [0.1, 0.15) is 48.0 Å². The Kier molecular flexibility index (Phi) is 5.42. The van der Waals surface area contributed by atoms with Gasteiger partial charge in [-0.1, -0.05) is 47.6 Å². The van der Waals surface area contributed by atoms with E-state index in [1.54, 1.807) is 6.08 Å². The van der Waals surface area contributed by atoms with Crippen molar-refractivity contribution in [2.24, 2.45) is 11.8 Å². The molecule has 0 bridgehead atoms. The molecule has 2 aliphatic carbocycles. The molecule has 0 N–H and O–H groups in total. The van der Waals surface area contributed by atoms with E-state index in [1.165, 1.54) is 0 Å². The zero-order chi connectivity index (χ0) is 19.4. The molecule has 0 spiro atoms. The van der Waals surface area contributed by atoms with Crippen molar-refractivity contribution < 1.29 is 13.6 Å². The molecule has 1 fully saturated rings. The number of carbonyl (C=O) groups excluding carboxylic acids is 1. The van der Waals surface area contributed by atoms with Crippen molar-refractivity contribution in [1.82, 2.24) is 0 Å². The van der Waals surface area contributed by atoms with Gasteiger partial charge in [-0.05, 0) is 54.7 Å². The lowest BCUT2D eigenvalue weighted by molar-refractivity contribution is -0.121. The molecule has 0 aliphatic heterocycles. The first-order valence-corrected chi connectivity index (χ1v) is 15.5. The molecule has 0 saturated heterocycles. The van der Waals surface area contributed by atoms with Gasteiger partial charge in [0.05, 0.1) is 18.1 Å². The molecule has 25 heavy (non-hydrogen) atoms. The number of fused-ring (bicyclic) bond motifs is 1. The highest BCUT2D eigenvalue weighted by atomic mass is 28.4. The monoisotopic (exact) mass is 382 g/mol. The van der Waals surface area contributed by atoms with E-state index in [0.717, 1.165) is 6.42 Å². The van der Waals surface area contributed by atoms with Crippen LogP contribution in [0.4, 0.5) is 0 Å². The number of allylic oxidation sites excluding steroid dienone is 2. The van der Waals surface area contributed by atoms with Gasteiger partial charge in [-0.25, -0.2) is 0 Å². The summed E-state index contributed by atoms with van der Waals surface area (Å²) in [5.41, 5.74) is 0. The van der Waals surface area contributed by atoms with E-state index in [1.807, 2.05) is 0 Å². The molecule has 0 aromatic heterocycles. The van der Waals surface area contributed by atoms with E-state index in [2.05, 4.69) is 73.8 Å². The van der Waals surface area contributed by atoms with Gasteiger partial charge >= 0.3 is 0 Å². The van der Waals surface area contributed by atoms with Crippen LogP contribution in [-0.4, -0.2) is 34.6 Å². The number of hydrogen-bond donors (Lipinski definition) is 0. The van der Waals surface area contributed by atoms with E-state index < -0.39 is 16.6 Å². The van der Waals surface area contributed by atoms with Crippen LogP contribution in [0.15, 0.2) is 12.2 Å².